The van der Waals surface area contributed by atoms with E-state index in [1.165, 1.54) is 6.21 Å². The van der Waals surface area contributed by atoms with Crippen molar-refractivity contribution in [3.8, 4) is 0 Å². The Kier molecular flexibility index (Phi) is 6.46. The topological polar surface area (TPSA) is 70.6 Å². The van der Waals surface area contributed by atoms with Crippen molar-refractivity contribution in [2.75, 3.05) is 6.54 Å². The smallest absolute Gasteiger partial charge is 0.259 e. The molecule has 2 N–H and O–H groups in total. The Morgan fingerprint density at radius 2 is 1.75 bits per heavy atom. The summed E-state index contributed by atoms with van der Waals surface area (Å²) in [5, 5.41) is 6.33. The number of amides is 2. The molecule has 0 heterocycles. The highest BCUT2D eigenvalue weighted by Crippen LogP contribution is 2.02. The van der Waals surface area contributed by atoms with Crippen LogP contribution in [0.5, 0.6) is 0 Å². The summed E-state index contributed by atoms with van der Waals surface area (Å²) in [4.78, 5) is 23.5. The van der Waals surface area contributed by atoms with E-state index in [9.17, 15) is 9.59 Å². The van der Waals surface area contributed by atoms with Crippen molar-refractivity contribution in [1.29, 1.82) is 0 Å². The number of hydrogen-bond acceptors (Lipinski definition) is 3. The van der Waals surface area contributed by atoms with Gasteiger partial charge in [-0.3, -0.25) is 9.59 Å². The first-order chi connectivity index (χ1) is 11.6. The van der Waals surface area contributed by atoms with Crippen LogP contribution < -0.4 is 10.7 Å². The third kappa shape index (κ3) is 5.88. The lowest BCUT2D eigenvalue weighted by Gasteiger charge is -2.04. The highest BCUT2D eigenvalue weighted by molar-refractivity contribution is 5.96. The number of hydrogen-bond donors (Lipinski definition) is 2. The van der Waals surface area contributed by atoms with Gasteiger partial charge >= 0.3 is 0 Å². The average molecular weight is 321 g/mol. The molecule has 5 nitrogen and oxygen atoms in total. The molecule has 0 aliphatic carbocycles. The number of nitrogens with zero attached hydrogens (tertiary/aromatic N) is 1. The maximum absolute atomic E-state index is 11.9. The van der Waals surface area contributed by atoms with Gasteiger partial charge in [-0.1, -0.05) is 54.1 Å². The van der Waals surface area contributed by atoms with Crippen LogP contribution in [0.1, 0.15) is 21.5 Å². The second kappa shape index (κ2) is 9.05. The fraction of sp³-hybridized carbons (Fsp3) is 0.105. The van der Waals surface area contributed by atoms with E-state index < -0.39 is 0 Å². The first-order valence-electron chi connectivity index (χ1n) is 7.53. The van der Waals surface area contributed by atoms with Crippen molar-refractivity contribution >= 4 is 24.1 Å². The Morgan fingerprint density at radius 1 is 1.04 bits per heavy atom. The second-order valence-corrected chi connectivity index (χ2v) is 5.13. The number of aryl methyl sites for hydroxylation is 1. The van der Waals surface area contributed by atoms with Gasteiger partial charge in [-0.2, -0.15) is 5.10 Å². The van der Waals surface area contributed by atoms with E-state index in [0.29, 0.717) is 5.56 Å². The largest absolute Gasteiger partial charge is 0.343 e. The van der Waals surface area contributed by atoms with Gasteiger partial charge in [-0.05, 0) is 30.7 Å². The molecule has 0 aliphatic rings. The molecule has 122 valence electrons. The van der Waals surface area contributed by atoms with Crippen molar-refractivity contribution in [3.63, 3.8) is 0 Å². The number of carbonyl (C=O) groups excluding carboxylic acids is 2. The summed E-state index contributed by atoms with van der Waals surface area (Å²) in [5.41, 5.74) is 4.98. The number of allylic oxidation sites excluding steroid dienone is 1. The number of hydrazone groups is 1. The van der Waals surface area contributed by atoms with E-state index in [4.69, 9.17) is 0 Å². The van der Waals surface area contributed by atoms with E-state index in [2.05, 4.69) is 15.8 Å². The van der Waals surface area contributed by atoms with Crippen molar-refractivity contribution in [3.05, 3.63) is 77.4 Å². The lowest BCUT2D eigenvalue weighted by atomic mass is 10.1. The average Bonchev–Trinajstić information content (AvgIpc) is 2.61. The third-order valence-corrected chi connectivity index (χ3v) is 3.16. The molecule has 0 saturated carbocycles. The van der Waals surface area contributed by atoms with Crippen molar-refractivity contribution in [1.82, 2.24) is 10.7 Å². The summed E-state index contributed by atoms with van der Waals surface area (Å²) in [5.74, 6) is -0.682. The zero-order valence-corrected chi connectivity index (χ0v) is 13.4. The maximum Gasteiger partial charge on any atom is 0.259 e. The molecule has 2 aromatic rings. The molecule has 0 aromatic heterocycles. The van der Waals surface area contributed by atoms with E-state index >= 15 is 0 Å². The Balaban J connectivity index is 1.71. The first kappa shape index (κ1) is 17.1. The van der Waals surface area contributed by atoms with Crippen LogP contribution in [0.15, 0.2) is 65.8 Å². The number of carbonyl (C=O) groups is 2. The fourth-order valence-electron chi connectivity index (χ4n) is 1.88. The predicted molar refractivity (Wildman–Crippen MR) is 95.6 cm³/mol. The van der Waals surface area contributed by atoms with Crippen molar-refractivity contribution in [2.45, 2.75) is 6.92 Å². The number of benzene rings is 2. The SMILES string of the molecule is Cc1ccc(C(=O)NCC(=O)N/N=C\C=C\c2ccccc2)cc1. The molecule has 5 heteroatoms. The molecule has 2 rings (SSSR count). The van der Waals surface area contributed by atoms with Gasteiger partial charge < -0.3 is 5.32 Å². The molecular formula is C19H19N3O2. The predicted octanol–water partition coefficient (Wildman–Crippen LogP) is 2.54. The Labute approximate surface area is 141 Å². The maximum atomic E-state index is 11.9. The van der Waals surface area contributed by atoms with Crippen LogP contribution >= 0.6 is 0 Å². The minimum absolute atomic E-state index is 0.132. The van der Waals surface area contributed by atoms with E-state index in [1.807, 2.05) is 55.5 Å². The van der Waals surface area contributed by atoms with Crippen LogP contribution in [-0.4, -0.2) is 24.6 Å². The van der Waals surface area contributed by atoms with Crippen LogP contribution in [0.4, 0.5) is 0 Å². The van der Waals surface area contributed by atoms with Gasteiger partial charge in [0.1, 0.15) is 0 Å². The Morgan fingerprint density at radius 3 is 2.46 bits per heavy atom. The van der Waals surface area contributed by atoms with E-state index in [1.54, 1.807) is 18.2 Å². The summed E-state index contributed by atoms with van der Waals surface area (Å²) in [6.07, 6.45) is 5.07. The minimum atomic E-state index is -0.389. The monoisotopic (exact) mass is 321 g/mol. The summed E-state index contributed by atoms with van der Waals surface area (Å²) in [6.45, 7) is 1.81. The summed E-state index contributed by atoms with van der Waals surface area (Å²) >= 11 is 0. The van der Waals surface area contributed by atoms with Gasteiger partial charge in [0.05, 0.1) is 6.54 Å². The zero-order chi connectivity index (χ0) is 17.2. The van der Waals surface area contributed by atoms with Gasteiger partial charge in [0.15, 0.2) is 0 Å². The molecule has 0 aliphatic heterocycles. The van der Waals surface area contributed by atoms with Gasteiger partial charge in [-0.15, -0.1) is 0 Å². The molecular weight excluding hydrogens is 302 g/mol. The highest BCUT2D eigenvalue weighted by Gasteiger charge is 2.06. The van der Waals surface area contributed by atoms with Crippen molar-refractivity contribution < 1.29 is 9.59 Å². The van der Waals surface area contributed by atoms with E-state index in [-0.39, 0.29) is 18.4 Å². The first-order valence-corrected chi connectivity index (χ1v) is 7.53. The quantitative estimate of drug-likeness (QED) is 0.634. The summed E-state index contributed by atoms with van der Waals surface area (Å²) in [7, 11) is 0. The highest BCUT2D eigenvalue weighted by atomic mass is 16.2. The third-order valence-electron chi connectivity index (χ3n) is 3.16. The van der Waals surface area contributed by atoms with E-state index in [0.717, 1.165) is 11.1 Å². The van der Waals surface area contributed by atoms with Gasteiger partial charge in [0.2, 0.25) is 0 Å². The minimum Gasteiger partial charge on any atom is -0.343 e. The lowest BCUT2D eigenvalue weighted by Crippen LogP contribution is -2.34. The Bertz CT molecular complexity index is 735. The molecule has 0 unspecified atom stereocenters. The molecule has 0 atom stereocenters. The summed E-state index contributed by atoms with van der Waals surface area (Å²) < 4.78 is 0. The van der Waals surface area contributed by atoms with Gasteiger partial charge in [-0.25, -0.2) is 5.43 Å². The number of nitrogens with one attached hydrogen (secondary N) is 2. The molecule has 0 saturated heterocycles. The fourth-order valence-corrected chi connectivity index (χ4v) is 1.88. The molecule has 0 radical (unpaired) electrons. The molecule has 0 fully saturated rings. The molecule has 2 amide bonds. The molecule has 0 bridgehead atoms. The Hall–Kier alpha value is -3.21. The van der Waals surface area contributed by atoms with Crippen LogP contribution in [-0.2, 0) is 4.79 Å². The van der Waals surface area contributed by atoms with Crippen LogP contribution in [0, 0.1) is 6.92 Å². The van der Waals surface area contributed by atoms with Gasteiger partial charge in [0.25, 0.3) is 11.8 Å². The zero-order valence-electron chi connectivity index (χ0n) is 13.4. The second-order valence-electron chi connectivity index (χ2n) is 5.13. The lowest BCUT2D eigenvalue weighted by molar-refractivity contribution is -0.120. The van der Waals surface area contributed by atoms with Gasteiger partial charge in [0, 0.05) is 11.8 Å². The van der Waals surface area contributed by atoms with Crippen LogP contribution in [0.25, 0.3) is 6.08 Å². The number of rotatable bonds is 6. The van der Waals surface area contributed by atoms with Crippen LogP contribution in [0.2, 0.25) is 0 Å². The summed E-state index contributed by atoms with van der Waals surface area (Å²) in [6, 6.07) is 16.9. The van der Waals surface area contributed by atoms with Crippen molar-refractivity contribution in [2.24, 2.45) is 5.10 Å². The molecule has 24 heavy (non-hydrogen) atoms. The standard InChI is InChI=1S/C19H19N3O2/c1-15-9-11-17(12-10-15)19(24)20-14-18(23)22-21-13-5-8-16-6-3-2-4-7-16/h2-13H,14H2,1H3,(H,20,24)(H,22,23)/b8-5+,21-13-. The molecule has 0 spiro atoms. The normalized spacial score (nSPS) is 10.9. The van der Waals surface area contributed by atoms with Crippen LogP contribution in [0.3, 0.4) is 0 Å². The molecule has 2 aromatic carbocycles.